The zero-order valence-corrected chi connectivity index (χ0v) is 8.17. The van der Waals surface area contributed by atoms with E-state index in [0.717, 1.165) is 17.3 Å². The van der Waals surface area contributed by atoms with Gasteiger partial charge in [0, 0.05) is 5.75 Å². The highest BCUT2D eigenvalue weighted by molar-refractivity contribution is 7.99. The monoisotopic (exact) mass is 223 g/mol. The summed E-state index contributed by atoms with van der Waals surface area (Å²) in [5, 5.41) is 5.34. The number of aromatic nitrogens is 3. The minimum absolute atomic E-state index is 0.0836. The Balaban J connectivity index is 2.64. The first kappa shape index (κ1) is 11.1. The normalized spacial score (nSPS) is 11.7. The van der Waals surface area contributed by atoms with Crippen LogP contribution in [0.5, 0.6) is 0 Å². The van der Waals surface area contributed by atoms with Crippen molar-refractivity contribution < 1.29 is 13.2 Å². The quantitative estimate of drug-likeness (QED) is 0.632. The standard InChI is InChI=1S/C7H8F3N3S/c1-4(2)3-14-6-11-5(12-13-6)7(8,9)10/h1,3H2,2H3,(H,11,12,13). The summed E-state index contributed by atoms with van der Waals surface area (Å²) >= 11 is 1.11. The summed E-state index contributed by atoms with van der Waals surface area (Å²) in [4.78, 5) is 3.28. The van der Waals surface area contributed by atoms with Crippen LogP contribution in [0.2, 0.25) is 0 Å². The lowest BCUT2D eigenvalue weighted by molar-refractivity contribution is -0.144. The van der Waals surface area contributed by atoms with Gasteiger partial charge >= 0.3 is 6.18 Å². The van der Waals surface area contributed by atoms with Gasteiger partial charge < -0.3 is 0 Å². The van der Waals surface area contributed by atoms with E-state index in [0.29, 0.717) is 5.75 Å². The zero-order chi connectivity index (χ0) is 10.8. The Morgan fingerprint density at radius 2 is 2.21 bits per heavy atom. The lowest BCUT2D eigenvalue weighted by Gasteiger charge is -1.98. The minimum Gasteiger partial charge on any atom is -0.254 e. The van der Waals surface area contributed by atoms with E-state index in [-0.39, 0.29) is 5.16 Å². The Morgan fingerprint density at radius 3 is 2.64 bits per heavy atom. The number of nitrogens with zero attached hydrogens (tertiary/aromatic N) is 2. The van der Waals surface area contributed by atoms with E-state index in [1.807, 2.05) is 5.10 Å². The van der Waals surface area contributed by atoms with Gasteiger partial charge in [-0.25, -0.2) is 0 Å². The molecule has 0 aliphatic carbocycles. The number of H-pyrrole nitrogens is 1. The molecule has 1 aromatic heterocycles. The van der Waals surface area contributed by atoms with Crippen LogP contribution in [-0.2, 0) is 6.18 Å². The molecule has 0 saturated heterocycles. The zero-order valence-electron chi connectivity index (χ0n) is 7.35. The predicted molar refractivity (Wildman–Crippen MR) is 46.9 cm³/mol. The van der Waals surface area contributed by atoms with Crippen LogP contribution in [0.25, 0.3) is 0 Å². The van der Waals surface area contributed by atoms with Gasteiger partial charge in [-0.3, -0.25) is 5.10 Å². The Hall–Kier alpha value is -0.980. The number of alkyl halides is 3. The van der Waals surface area contributed by atoms with Gasteiger partial charge in [-0.15, -0.1) is 5.10 Å². The van der Waals surface area contributed by atoms with Crippen molar-refractivity contribution in [2.75, 3.05) is 5.75 Å². The van der Waals surface area contributed by atoms with E-state index in [1.165, 1.54) is 0 Å². The fourth-order valence-electron chi connectivity index (χ4n) is 0.625. The van der Waals surface area contributed by atoms with Gasteiger partial charge in [-0.2, -0.15) is 18.2 Å². The van der Waals surface area contributed by atoms with Crippen LogP contribution in [0, 0.1) is 0 Å². The van der Waals surface area contributed by atoms with Crippen LogP contribution in [0.3, 0.4) is 0 Å². The molecule has 78 valence electrons. The van der Waals surface area contributed by atoms with Crippen molar-refractivity contribution in [3.8, 4) is 0 Å². The molecule has 0 bridgehead atoms. The van der Waals surface area contributed by atoms with Crippen molar-refractivity contribution in [1.82, 2.24) is 15.2 Å². The average Bonchev–Trinajstić information content (AvgIpc) is 2.47. The van der Waals surface area contributed by atoms with Gasteiger partial charge in [0.15, 0.2) is 0 Å². The molecule has 1 heterocycles. The molecular formula is C7H8F3N3S. The fraction of sp³-hybridized carbons (Fsp3) is 0.429. The second kappa shape index (κ2) is 4.04. The second-order valence-corrected chi connectivity index (χ2v) is 3.65. The third-order valence-corrected chi connectivity index (χ3v) is 2.26. The Bertz CT molecular complexity index is 331. The topological polar surface area (TPSA) is 41.6 Å². The maximum absolute atomic E-state index is 12.0. The molecule has 0 amide bonds. The SMILES string of the molecule is C=C(C)CSc1n[nH]c(C(F)(F)F)n1. The summed E-state index contributed by atoms with van der Waals surface area (Å²) < 4.78 is 36.1. The molecule has 0 aliphatic heterocycles. The van der Waals surface area contributed by atoms with Crippen LogP contribution in [0.4, 0.5) is 13.2 Å². The molecular weight excluding hydrogens is 215 g/mol. The lowest BCUT2D eigenvalue weighted by Crippen LogP contribution is -2.07. The second-order valence-electron chi connectivity index (χ2n) is 2.71. The van der Waals surface area contributed by atoms with E-state index in [2.05, 4.69) is 16.7 Å². The number of halogens is 3. The van der Waals surface area contributed by atoms with Gasteiger partial charge in [0.2, 0.25) is 11.0 Å². The highest BCUT2D eigenvalue weighted by Crippen LogP contribution is 2.27. The maximum atomic E-state index is 12.0. The van der Waals surface area contributed by atoms with Gasteiger partial charge in [0.25, 0.3) is 0 Å². The number of hydrogen-bond acceptors (Lipinski definition) is 3. The van der Waals surface area contributed by atoms with Crippen molar-refractivity contribution in [3.63, 3.8) is 0 Å². The Morgan fingerprint density at radius 1 is 1.57 bits per heavy atom. The minimum atomic E-state index is -4.46. The highest BCUT2D eigenvalue weighted by Gasteiger charge is 2.35. The fourth-order valence-corrected chi connectivity index (χ4v) is 1.27. The smallest absolute Gasteiger partial charge is 0.254 e. The van der Waals surface area contributed by atoms with Crippen molar-refractivity contribution in [3.05, 3.63) is 18.0 Å². The summed E-state index contributed by atoms with van der Waals surface area (Å²) in [5.41, 5.74) is 0.855. The maximum Gasteiger partial charge on any atom is 0.451 e. The molecule has 0 radical (unpaired) electrons. The summed E-state index contributed by atoms with van der Waals surface area (Å²) in [6.07, 6.45) is -4.46. The number of rotatable bonds is 3. The van der Waals surface area contributed by atoms with Gasteiger partial charge in [0.1, 0.15) is 0 Å². The molecule has 14 heavy (non-hydrogen) atoms. The van der Waals surface area contributed by atoms with Crippen molar-refractivity contribution in [2.45, 2.75) is 18.3 Å². The van der Waals surface area contributed by atoms with E-state index < -0.39 is 12.0 Å². The van der Waals surface area contributed by atoms with Gasteiger partial charge in [-0.1, -0.05) is 23.9 Å². The van der Waals surface area contributed by atoms with Crippen molar-refractivity contribution in [1.29, 1.82) is 0 Å². The molecule has 0 atom stereocenters. The highest BCUT2D eigenvalue weighted by atomic mass is 32.2. The largest absolute Gasteiger partial charge is 0.451 e. The van der Waals surface area contributed by atoms with Crippen molar-refractivity contribution >= 4 is 11.8 Å². The molecule has 0 saturated carbocycles. The molecule has 1 N–H and O–H groups in total. The third-order valence-electron chi connectivity index (χ3n) is 1.18. The number of thioether (sulfide) groups is 1. The number of nitrogens with one attached hydrogen (secondary N) is 1. The van der Waals surface area contributed by atoms with Crippen LogP contribution in [-0.4, -0.2) is 20.9 Å². The summed E-state index contributed by atoms with van der Waals surface area (Å²) in [6.45, 7) is 5.40. The number of hydrogen-bond donors (Lipinski definition) is 1. The third kappa shape index (κ3) is 3.06. The summed E-state index contributed by atoms with van der Waals surface area (Å²) in [7, 11) is 0. The Labute approximate surface area is 82.8 Å². The van der Waals surface area contributed by atoms with Crippen LogP contribution < -0.4 is 0 Å². The summed E-state index contributed by atoms with van der Waals surface area (Å²) in [6, 6.07) is 0. The van der Waals surface area contributed by atoms with Crippen LogP contribution >= 0.6 is 11.8 Å². The predicted octanol–water partition coefficient (Wildman–Crippen LogP) is 2.49. The van der Waals surface area contributed by atoms with Crippen molar-refractivity contribution in [2.24, 2.45) is 0 Å². The van der Waals surface area contributed by atoms with Gasteiger partial charge in [-0.05, 0) is 6.92 Å². The molecule has 1 rings (SSSR count). The molecule has 1 aromatic rings. The van der Waals surface area contributed by atoms with Crippen LogP contribution in [0.1, 0.15) is 12.7 Å². The van der Waals surface area contributed by atoms with Crippen LogP contribution in [0.15, 0.2) is 17.3 Å². The first-order valence-corrected chi connectivity index (χ1v) is 4.65. The molecule has 7 heteroatoms. The molecule has 0 aromatic carbocycles. The Kier molecular flexibility index (Phi) is 3.20. The number of aromatic amines is 1. The lowest BCUT2D eigenvalue weighted by atomic mass is 10.4. The van der Waals surface area contributed by atoms with E-state index in [4.69, 9.17) is 0 Å². The molecule has 0 aliphatic rings. The first-order valence-electron chi connectivity index (χ1n) is 3.66. The van der Waals surface area contributed by atoms with E-state index >= 15 is 0 Å². The molecule has 3 nitrogen and oxygen atoms in total. The average molecular weight is 223 g/mol. The first-order chi connectivity index (χ1) is 6.39. The van der Waals surface area contributed by atoms with Gasteiger partial charge in [0.05, 0.1) is 0 Å². The summed E-state index contributed by atoms with van der Waals surface area (Å²) in [5.74, 6) is -0.559. The molecule has 0 spiro atoms. The molecule has 0 unspecified atom stereocenters. The van der Waals surface area contributed by atoms with E-state index in [9.17, 15) is 13.2 Å². The molecule has 0 fully saturated rings. The van der Waals surface area contributed by atoms with E-state index in [1.54, 1.807) is 6.92 Å².